The van der Waals surface area contributed by atoms with Crippen molar-refractivity contribution in [2.45, 2.75) is 6.54 Å². The Morgan fingerprint density at radius 1 is 1.00 bits per heavy atom. The molecule has 0 bridgehead atoms. The number of amides is 2. The number of fused-ring (bicyclic) bond motifs is 1. The highest BCUT2D eigenvalue weighted by Crippen LogP contribution is 2.05. The van der Waals surface area contributed by atoms with E-state index < -0.39 is 0 Å². The molecule has 23 heavy (non-hydrogen) atoms. The molecule has 2 heterocycles. The van der Waals surface area contributed by atoms with Gasteiger partial charge in [0.25, 0.3) is 5.91 Å². The van der Waals surface area contributed by atoms with Crippen molar-refractivity contribution < 1.29 is 9.59 Å². The van der Waals surface area contributed by atoms with Gasteiger partial charge in [0.1, 0.15) is 0 Å². The zero-order valence-electron chi connectivity index (χ0n) is 12.4. The molecule has 6 nitrogen and oxygen atoms in total. The predicted molar refractivity (Wildman–Crippen MR) is 85.8 cm³/mol. The summed E-state index contributed by atoms with van der Waals surface area (Å²) in [5, 5.41) is 9.66. The lowest BCUT2D eigenvalue weighted by atomic mass is 10.2. The van der Waals surface area contributed by atoms with E-state index in [2.05, 4.69) is 15.7 Å². The molecule has 0 fully saturated rings. The first-order valence-corrected chi connectivity index (χ1v) is 7.25. The van der Waals surface area contributed by atoms with Crippen LogP contribution in [0.4, 0.5) is 0 Å². The Hall–Kier alpha value is -3.15. The van der Waals surface area contributed by atoms with E-state index in [9.17, 15) is 9.59 Å². The van der Waals surface area contributed by atoms with Gasteiger partial charge in [-0.3, -0.25) is 9.59 Å². The topological polar surface area (TPSA) is 75.5 Å². The molecule has 0 aliphatic heterocycles. The predicted octanol–water partition coefficient (Wildman–Crippen LogP) is 1.38. The lowest BCUT2D eigenvalue weighted by Crippen LogP contribution is -2.36. The van der Waals surface area contributed by atoms with Gasteiger partial charge in [0.05, 0.1) is 24.3 Å². The summed E-state index contributed by atoms with van der Waals surface area (Å²) in [6.07, 6.45) is 1.85. The van der Waals surface area contributed by atoms with Crippen molar-refractivity contribution in [3.63, 3.8) is 0 Å². The molecule has 0 aliphatic rings. The van der Waals surface area contributed by atoms with Gasteiger partial charge in [-0.1, -0.05) is 24.3 Å². The fraction of sp³-hybridized carbons (Fsp3) is 0.118. The maximum atomic E-state index is 11.8. The molecule has 0 radical (unpaired) electrons. The number of nitrogens with zero attached hydrogens (tertiary/aromatic N) is 2. The largest absolute Gasteiger partial charge is 0.349 e. The lowest BCUT2D eigenvalue weighted by Gasteiger charge is -2.05. The minimum atomic E-state index is -0.270. The summed E-state index contributed by atoms with van der Waals surface area (Å²) in [5.41, 5.74) is 2.26. The van der Waals surface area contributed by atoms with Crippen molar-refractivity contribution in [3.8, 4) is 0 Å². The quantitative estimate of drug-likeness (QED) is 0.748. The second-order valence-corrected chi connectivity index (χ2v) is 5.03. The summed E-state index contributed by atoms with van der Waals surface area (Å²) < 4.78 is 1.75. The smallest absolute Gasteiger partial charge is 0.251 e. The molecular formula is C17H16N4O2. The highest BCUT2D eigenvalue weighted by molar-refractivity contribution is 5.96. The zero-order chi connectivity index (χ0) is 16.1. The summed E-state index contributed by atoms with van der Waals surface area (Å²) in [5.74, 6) is -0.528. The van der Waals surface area contributed by atoms with Crippen LogP contribution in [0.25, 0.3) is 5.52 Å². The van der Waals surface area contributed by atoms with E-state index in [1.165, 1.54) is 0 Å². The first-order chi connectivity index (χ1) is 11.2. The van der Waals surface area contributed by atoms with E-state index in [1.54, 1.807) is 28.8 Å². The van der Waals surface area contributed by atoms with E-state index >= 15 is 0 Å². The third-order valence-electron chi connectivity index (χ3n) is 3.33. The van der Waals surface area contributed by atoms with Crippen LogP contribution in [-0.4, -0.2) is 28.0 Å². The number of benzene rings is 1. The molecule has 6 heteroatoms. The first-order valence-electron chi connectivity index (χ1n) is 7.25. The molecule has 0 saturated carbocycles. The monoisotopic (exact) mass is 308 g/mol. The Balaban J connectivity index is 1.49. The second-order valence-electron chi connectivity index (χ2n) is 5.03. The van der Waals surface area contributed by atoms with Crippen molar-refractivity contribution in [2.24, 2.45) is 0 Å². The Labute approximate surface area is 133 Å². The van der Waals surface area contributed by atoms with Gasteiger partial charge < -0.3 is 10.6 Å². The van der Waals surface area contributed by atoms with E-state index in [1.807, 2.05) is 36.5 Å². The molecule has 116 valence electrons. The van der Waals surface area contributed by atoms with Crippen LogP contribution in [0.2, 0.25) is 0 Å². The van der Waals surface area contributed by atoms with Crippen LogP contribution in [-0.2, 0) is 11.3 Å². The van der Waals surface area contributed by atoms with Crippen LogP contribution in [0, 0.1) is 0 Å². The molecule has 2 aromatic heterocycles. The average Bonchev–Trinajstić information content (AvgIpc) is 3.01. The normalized spacial score (nSPS) is 10.4. The fourth-order valence-corrected chi connectivity index (χ4v) is 2.18. The third-order valence-corrected chi connectivity index (χ3v) is 3.33. The number of hydrogen-bond donors (Lipinski definition) is 2. The maximum Gasteiger partial charge on any atom is 0.251 e. The summed E-state index contributed by atoms with van der Waals surface area (Å²) in [4.78, 5) is 23.6. The molecule has 1 aromatic carbocycles. The van der Waals surface area contributed by atoms with E-state index in [0.717, 1.165) is 11.2 Å². The molecule has 0 atom stereocenters. The Morgan fingerprint density at radius 3 is 2.57 bits per heavy atom. The summed E-state index contributed by atoms with van der Waals surface area (Å²) in [7, 11) is 0. The number of pyridine rings is 1. The number of carbonyl (C=O) groups excluding carboxylic acids is 2. The van der Waals surface area contributed by atoms with Crippen LogP contribution >= 0.6 is 0 Å². The van der Waals surface area contributed by atoms with Crippen molar-refractivity contribution in [2.75, 3.05) is 6.54 Å². The van der Waals surface area contributed by atoms with Gasteiger partial charge in [-0.15, -0.1) is 0 Å². The standard InChI is InChI=1S/C17H16N4O2/c22-16(12-19-17(23)13-6-2-1-3-7-13)18-11-14-10-15-8-4-5-9-21(15)20-14/h1-10H,11-12H2,(H,18,22)(H,19,23). The molecule has 3 aromatic rings. The lowest BCUT2D eigenvalue weighted by molar-refractivity contribution is -0.120. The van der Waals surface area contributed by atoms with Crippen LogP contribution < -0.4 is 10.6 Å². The van der Waals surface area contributed by atoms with Crippen molar-refractivity contribution in [3.05, 3.63) is 72.1 Å². The van der Waals surface area contributed by atoms with E-state index in [-0.39, 0.29) is 18.4 Å². The van der Waals surface area contributed by atoms with Gasteiger partial charge in [-0.25, -0.2) is 4.52 Å². The minimum absolute atomic E-state index is 0.0684. The number of carbonyl (C=O) groups is 2. The molecule has 3 rings (SSSR count). The van der Waals surface area contributed by atoms with Gasteiger partial charge in [0.2, 0.25) is 5.91 Å². The van der Waals surface area contributed by atoms with Crippen molar-refractivity contribution in [1.29, 1.82) is 0 Å². The number of hydrogen-bond acceptors (Lipinski definition) is 3. The van der Waals surface area contributed by atoms with Gasteiger partial charge >= 0.3 is 0 Å². The highest BCUT2D eigenvalue weighted by Gasteiger charge is 2.08. The molecule has 2 N–H and O–H groups in total. The number of nitrogens with one attached hydrogen (secondary N) is 2. The molecule has 0 saturated heterocycles. The average molecular weight is 308 g/mol. The molecule has 0 aliphatic carbocycles. The van der Waals surface area contributed by atoms with Gasteiger partial charge in [-0.05, 0) is 30.3 Å². The van der Waals surface area contributed by atoms with Gasteiger partial charge in [-0.2, -0.15) is 5.10 Å². The summed E-state index contributed by atoms with van der Waals surface area (Å²) >= 11 is 0. The van der Waals surface area contributed by atoms with Gasteiger partial charge in [0.15, 0.2) is 0 Å². The highest BCUT2D eigenvalue weighted by atomic mass is 16.2. The third kappa shape index (κ3) is 3.74. The SMILES string of the molecule is O=C(CNC(=O)c1ccccc1)NCc1cc2ccccn2n1. The number of rotatable bonds is 5. The first kappa shape index (κ1) is 14.8. The van der Waals surface area contributed by atoms with E-state index in [4.69, 9.17) is 0 Å². The van der Waals surface area contributed by atoms with E-state index in [0.29, 0.717) is 12.1 Å². The van der Waals surface area contributed by atoms with Crippen LogP contribution in [0.5, 0.6) is 0 Å². The van der Waals surface area contributed by atoms with Crippen LogP contribution in [0.1, 0.15) is 16.1 Å². The van der Waals surface area contributed by atoms with Crippen molar-refractivity contribution >= 4 is 17.3 Å². The van der Waals surface area contributed by atoms with Crippen molar-refractivity contribution in [1.82, 2.24) is 20.2 Å². The van der Waals surface area contributed by atoms with Crippen LogP contribution in [0.3, 0.4) is 0 Å². The molecule has 0 unspecified atom stereocenters. The molecular weight excluding hydrogens is 292 g/mol. The Kier molecular flexibility index (Phi) is 4.33. The molecule has 0 spiro atoms. The summed E-state index contributed by atoms with van der Waals surface area (Å²) in [6, 6.07) is 16.4. The zero-order valence-corrected chi connectivity index (χ0v) is 12.4. The van der Waals surface area contributed by atoms with Crippen LogP contribution in [0.15, 0.2) is 60.8 Å². The fourth-order valence-electron chi connectivity index (χ4n) is 2.18. The second kappa shape index (κ2) is 6.74. The molecule has 2 amide bonds. The summed E-state index contributed by atoms with van der Waals surface area (Å²) in [6.45, 7) is 0.253. The Bertz CT molecular complexity index is 794. The van der Waals surface area contributed by atoms with Gasteiger partial charge in [0, 0.05) is 11.8 Å². The minimum Gasteiger partial charge on any atom is -0.349 e. The number of aromatic nitrogens is 2. The maximum absolute atomic E-state index is 11.8. The Morgan fingerprint density at radius 2 is 1.78 bits per heavy atom.